The second kappa shape index (κ2) is 9.32. The number of carbonyl (C=O) groups is 3. The molecular weight excluding hydrogens is 428 g/mol. The Kier molecular flexibility index (Phi) is 6.92. The zero-order valence-corrected chi connectivity index (χ0v) is 19.9. The summed E-state index contributed by atoms with van der Waals surface area (Å²) >= 11 is 1.30. The summed E-state index contributed by atoms with van der Waals surface area (Å²) in [5, 5.41) is 11.5. The number of hydrogen-bond donors (Lipinski definition) is 2. The first kappa shape index (κ1) is 23.8. The molecule has 0 saturated heterocycles. The number of nitrogens with two attached hydrogens (primary N) is 1. The molecule has 0 unspecified atom stereocenters. The van der Waals surface area contributed by atoms with Gasteiger partial charge in [-0.1, -0.05) is 37.7 Å². The van der Waals surface area contributed by atoms with Gasteiger partial charge in [-0.05, 0) is 38.8 Å². The van der Waals surface area contributed by atoms with E-state index in [4.69, 9.17) is 5.73 Å². The van der Waals surface area contributed by atoms with Crippen molar-refractivity contribution in [2.45, 2.75) is 70.0 Å². The van der Waals surface area contributed by atoms with Crippen LogP contribution in [0.3, 0.4) is 0 Å². The quantitative estimate of drug-likeness (QED) is 0.586. The van der Waals surface area contributed by atoms with E-state index < -0.39 is 16.7 Å². The van der Waals surface area contributed by atoms with Crippen molar-refractivity contribution in [3.8, 4) is 0 Å². The lowest BCUT2D eigenvalue weighted by Crippen LogP contribution is -2.60. The van der Waals surface area contributed by atoms with E-state index in [0.29, 0.717) is 41.2 Å². The van der Waals surface area contributed by atoms with Crippen molar-refractivity contribution in [1.82, 2.24) is 14.8 Å². The predicted molar refractivity (Wildman–Crippen MR) is 124 cm³/mol. The van der Waals surface area contributed by atoms with Crippen LogP contribution < -0.4 is 16.0 Å². The van der Waals surface area contributed by atoms with Gasteiger partial charge in [-0.3, -0.25) is 19.3 Å². The SMILES string of the molecule is CC(C)Cn1c(CCC(N)=O)nnc1S[C@H](C)C(=O)N1c2ccccc2NC(=O)C1(C)C. The van der Waals surface area contributed by atoms with E-state index in [1.807, 2.05) is 22.8 Å². The Hall–Kier alpha value is -2.88. The number of thioether (sulfide) groups is 1. The molecule has 0 radical (unpaired) electrons. The minimum Gasteiger partial charge on any atom is -0.370 e. The summed E-state index contributed by atoms with van der Waals surface area (Å²) < 4.78 is 1.95. The Morgan fingerprint density at radius 2 is 1.88 bits per heavy atom. The van der Waals surface area contributed by atoms with Crippen molar-refractivity contribution in [3.05, 3.63) is 30.1 Å². The molecule has 1 aromatic carbocycles. The Labute approximate surface area is 192 Å². The number of primary amides is 1. The van der Waals surface area contributed by atoms with Gasteiger partial charge in [-0.15, -0.1) is 10.2 Å². The minimum atomic E-state index is -1.04. The molecular formula is C22H30N6O3S. The van der Waals surface area contributed by atoms with Crippen LogP contribution in [-0.2, 0) is 27.3 Å². The van der Waals surface area contributed by atoms with E-state index in [9.17, 15) is 14.4 Å². The van der Waals surface area contributed by atoms with Gasteiger partial charge in [-0.2, -0.15) is 0 Å². The van der Waals surface area contributed by atoms with Crippen LogP contribution in [0.25, 0.3) is 0 Å². The molecule has 10 heteroatoms. The number of nitrogens with zero attached hydrogens (tertiary/aromatic N) is 4. The predicted octanol–water partition coefficient (Wildman–Crippen LogP) is 2.60. The highest BCUT2D eigenvalue weighted by atomic mass is 32.2. The van der Waals surface area contributed by atoms with Crippen LogP contribution >= 0.6 is 11.8 Å². The number of benzene rings is 1. The molecule has 0 spiro atoms. The van der Waals surface area contributed by atoms with Crippen LogP contribution in [0.5, 0.6) is 0 Å². The van der Waals surface area contributed by atoms with E-state index in [2.05, 4.69) is 29.4 Å². The summed E-state index contributed by atoms with van der Waals surface area (Å²) in [4.78, 5) is 39.1. The molecule has 3 N–H and O–H groups in total. The van der Waals surface area contributed by atoms with Crippen molar-refractivity contribution < 1.29 is 14.4 Å². The van der Waals surface area contributed by atoms with Crippen LogP contribution in [0.1, 0.15) is 46.9 Å². The number of amides is 3. The van der Waals surface area contributed by atoms with Crippen LogP contribution in [0.2, 0.25) is 0 Å². The fourth-order valence-corrected chi connectivity index (χ4v) is 4.53. The molecule has 0 saturated carbocycles. The first-order valence-corrected chi connectivity index (χ1v) is 11.5. The Bertz CT molecular complexity index is 1030. The third-order valence-electron chi connectivity index (χ3n) is 5.29. The molecule has 9 nitrogen and oxygen atoms in total. The smallest absolute Gasteiger partial charge is 0.250 e. The standard InChI is InChI=1S/C22H30N6O3S/c1-13(2)12-27-18(11-10-17(23)29)25-26-21(27)32-14(3)19(30)28-16-9-7-6-8-15(16)24-20(31)22(28,4)5/h6-9,13-14H,10-12H2,1-5H3,(H2,23,29)(H,24,31)/t14-/m1/s1. The molecule has 2 aromatic rings. The lowest BCUT2D eigenvalue weighted by atomic mass is 9.96. The second-order valence-electron chi connectivity index (χ2n) is 8.83. The van der Waals surface area contributed by atoms with E-state index in [-0.39, 0.29) is 18.2 Å². The van der Waals surface area contributed by atoms with Gasteiger partial charge in [-0.25, -0.2) is 0 Å². The van der Waals surface area contributed by atoms with Crippen molar-refractivity contribution >= 4 is 40.9 Å². The average Bonchev–Trinajstić information content (AvgIpc) is 3.07. The van der Waals surface area contributed by atoms with Crippen LogP contribution in [0, 0.1) is 5.92 Å². The number of nitrogens with one attached hydrogen (secondary N) is 1. The number of hydrogen-bond acceptors (Lipinski definition) is 6. The summed E-state index contributed by atoms with van der Waals surface area (Å²) in [5.41, 5.74) is 5.53. The fourth-order valence-electron chi connectivity index (χ4n) is 3.61. The molecule has 0 aliphatic carbocycles. The van der Waals surface area contributed by atoms with Gasteiger partial charge in [0.1, 0.15) is 11.4 Å². The summed E-state index contributed by atoms with van der Waals surface area (Å²) in [5.74, 6) is 0.160. The summed E-state index contributed by atoms with van der Waals surface area (Å²) in [7, 11) is 0. The zero-order chi connectivity index (χ0) is 23.6. The van der Waals surface area contributed by atoms with E-state index in [1.165, 1.54) is 11.8 Å². The monoisotopic (exact) mass is 458 g/mol. The molecule has 32 heavy (non-hydrogen) atoms. The van der Waals surface area contributed by atoms with E-state index in [0.717, 1.165) is 0 Å². The largest absolute Gasteiger partial charge is 0.370 e. The van der Waals surface area contributed by atoms with Gasteiger partial charge in [0.25, 0.3) is 0 Å². The van der Waals surface area contributed by atoms with E-state index in [1.54, 1.807) is 31.7 Å². The number of aryl methyl sites for hydroxylation is 1. The number of anilines is 2. The molecule has 0 bridgehead atoms. The minimum absolute atomic E-state index is 0.184. The Balaban J connectivity index is 1.88. The molecule has 0 fully saturated rings. The fraction of sp³-hybridized carbons (Fsp3) is 0.500. The maximum atomic E-state index is 13.6. The van der Waals surface area contributed by atoms with Crippen LogP contribution in [0.15, 0.2) is 29.4 Å². The molecule has 1 aliphatic heterocycles. The van der Waals surface area contributed by atoms with E-state index >= 15 is 0 Å². The summed E-state index contributed by atoms with van der Waals surface area (Å²) in [6.45, 7) is 10.1. The first-order valence-electron chi connectivity index (χ1n) is 10.6. The Morgan fingerprint density at radius 3 is 2.53 bits per heavy atom. The Morgan fingerprint density at radius 1 is 1.19 bits per heavy atom. The van der Waals surface area contributed by atoms with Crippen molar-refractivity contribution in [2.75, 3.05) is 10.2 Å². The highest BCUT2D eigenvalue weighted by Crippen LogP contribution is 2.38. The third kappa shape index (κ3) is 4.79. The number of fused-ring (bicyclic) bond motifs is 1. The lowest BCUT2D eigenvalue weighted by Gasteiger charge is -2.43. The molecule has 3 rings (SSSR count). The third-order valence-corrected chi connectivity index (χ3v) is 6.36. The van der Waals surface area contributed by atoms with Gasteiger partial charge in [0.15, 0.2) is 5.16 Å². The summed E-state index contributed by atoms with van der Waals surface area (Å²) in [6, 6.07) is 7.27. The van der Waals surface area contributed by atoms with Crippen molar-refractivity contribution in [2.24, 2.45) is 11.7 Å². The lowest BCUT2D eigenvalue weighted by molar-refractivity contribution is -0.126. The average molecular weight is 459 g/mol. The maximum absolute atomic E-state index is 13.6. The topological polar surface area (TPSA) is 123 Å². The number of para-hydroxylation sites is 2. The number of carbonyl (C=O) groups excluding carboxylic acids is 3. The maximum Gasteiger partial charge on any atom is 0.250 e. The van der Waals surface area contributed by atoms with Gasteiger partial charge in [0.05, 0.1) is 16.6 Å². The number of rotatable bonds is 8. The molecule has 1 aliphatic rings. The number of aromatic nitrogens is 3. The molecule has 2 heterocycles. The van der Waals surface area contributed by atoms with Crippen LogP contribution in [0.4, 0.5) is 11.4 Å². The highest BCUT2D eigenvalue weighted by molar-refractivity contribution is 8.00. The van der Waals surface area contributed by atoms with Gasteiger partial charge in [0.2, 0.25) is 17.7 Å². The molecule has 3 amide bonds. The van der Waals surface area contributed by atoms with Gasteiger partial charge < -0.3 is 15.6 Å². The van der Waals surface area contributed by atoms with Crippen molar-refractivity contribution in [3.63, 3.8) is 0 Å². The molecule has 1 atom stereocenters. The highest BCUT2D eigenvalue weighted by Gasteiger charge is 2.45. The first-order chi connectivity index (χ1) is 15.0. The van der Waals surface area contributed by atoms with Crippen LogP contribution in [-0.4, -0.2) is 43.3 Å². The second-order valence-corrected chi connectivity index (χ2v) is 10.1. The molecule has 1 aromatic heterocycles. The zero-order valence-electron chi connectivity index (χ0n) is 19.1. The molecule has 172 valence electrons. The summed E-state index contributed by atoms with van der Waals surface area (Å²) in [6.07, 6.45) is 0.577. The van der Waals surface area contributed by atoms with Gasteiger partial charge in [0, 0.05) is 19.4 Å². The van der Waals surface area contributed by atoms with Gasteiger partial charge >= 0.3 is 0 Å². The normalized spacial score (nSPS) is 15.9. The van der Waals surface area contributed by atoms with Crippen molar-refractivity contribution in [1.29, 1.82) is 0 Å².